The Morgan fingerprint density at radius 3 is 2.59 bits per heavy atom. The van der Waals surface area contributed by atoms with Crippen molar-refractivity contribution in [1.29, 1.82) is 0 Å². The number of carbonyl (C=O) groups excluding carboxylic acids is 1. The van der Waals surface area contributed by atoms with Crippen LogP contribution in [-0.2, 0) is 4.79 Å². The van der Waals surface area contributed by atoms with Crippen LogP contribution >= 0.6 is 0 Å². The third kappa shape index (κ3) is 4.99. The second-order valence-electron chi connectivity index (χ2n) is 3.76. The van der Waals surface area contributed by atoms with E-state index < -0.39 is 0 Å². The Hall–Kier alpha value is -1.36. The molecule has 0 aliphatic carbocycles. The lowest BCUT2D eigenvalue weighted by molar-refractivity contribution is -0.112. The molecule has 0 aliphatic heterocycles. The summed E-state index contributed by atoms with van der Waals surface area (Å²) in [6, 6.07) is -0.152. The van der Waals surface area contributed by atoms with Gasteiger partial charge in [-0.3, -0.25) is 9.89 Å². The van der Waals surface area contributed by atoms with Crippen LogP contribution in [0.3, 0.4) is 0 Å². The highest BCUT2D eigenvalue weighted by molar-refractivity contribution is 5.79. The first kappa shape index (κ1) is 15.6. The number of rotatable bonds is 7. The molecule has 0 aromatic rings. The Labute approximate surface area is 104 Å². The van der Waals surface area contributed by atoms with E-state index in [2.05, 4.69) is 29.1 Å². The van der Waals surface area contributed by atoms with Crippen molar-refractivity contribution < 1.29 is 4.79 Å². The van der Waals surface area contributed by atoms with Crippen LogP contribution in [0.25, 0.3) is 0 Å². The maximum atomic E-state index is 10.9. The lowest BCUT2D eigenvalue weighted by atomic mass is 10.2. The van der Waals surface area contributed by atoms with Crippen LogP contribution in [-0.4, -0.2) is 50.0 Å². The van der Waals surface area contributed by atoms with Crippen molar-refractivity contribution in [3.8, 4) is 0 Å². The van der Waals surface area contributed by atoms with E-state index in [9.17, 15) is 4.79 Å². The van der Waals surface area contributed by atoms with E-state index in [4.69, 9.17) is 0 Å². The highest BCUT2D eigenvalue weighted by Gasteiger charge is 2.20. The van der Waals surface area contributed by atoms with Crippen LogP contribution < -0.4 is 10.6 Å². The highest BCUT2D eigenvalue weighted by atomic mass is 16.1. The number of carbonyl (C=O) groups is 1. The number of nitrogens with one attached hydrogen (secondary N) is 2. The Kier molecular flexibility index (Phi) is 8.05. The maximum absolute atomic E-state index is 10.9. The van der Waals surface area contributed by atoms with Crippen LogP contribution in [0.1, 0.15) is 20.3 Å². The van der Waals surface area contributed by atoms with E-state index in [0.29, 0.717) is 5.96 Å². The molecule has 0 radical (unpaired) electrons. The van der Waals surface area contributed by atoms with Crippen molar-refractivity contribution in [1.82, 2.24) is 15.5 Å². The van der Waals surface area contributed by atoms with Gasteiger partial charge >= 0.3 is 0 Å². The summed E-state index contributed by atoms with van der Waals surface area (Å²) in [6.07, 6.45) is 3.58. The standard InChI is InChI=1S/C12H24N4O/c1-6-8-16(10(3)9-17)11(7-2)15-12(13-4)14-5/h7,9-11H,2,6,8H2,1,3-5H3,(H2,13,14,15)/t10-,11?/m0/s1. The first-order chi connectivity index (χ1) is 8.14. The number of guanidine groups is 1. The molecule has 0 saturated carbocycles. The molecule has 1 unspecified atom stereocenters. The van der Waals surface area contributed by atoms with Crippen molar-refractivity contribution in [2.24, 2.45) is 4.99 Å². The van der Waals surface area contributed by atoms with Crippen LogP contribution in [0.15, 0.2) is 17.6 Å². The molecule has 0 bridgehead atoms. The Balaban J connectivity index is 4.77. The molecular weight excluding hydrogens is 216 g/mol. The highest BCUT2D eigenvalue weighted by Crippen LogP contribution is 2.04. The third-order valence-corrected chi connectivity index (χ3v) is 2.53. The summed E-state index contributed by atoms with van der Waals surface area (Å²) in [7, 11) is 3.50. The topological polar surface area (TPSA) is 56.7 Å². The van der Waals surface area contributed by atoms with Gasteiger partial charge in [0.2, 0.25) is 0 Å². The molecule has 0 amide bonds. The van der Waals surface area contributed by atoms with Gasteiger partial charge in [0.25, 0.3) is 0 Å². The van der Waals surface area contributed by atoms with Gasteiger partial charge in [-0.15, -0.1) is 0 Å². The van der Waals surface area contributed by atoms with Crippen molar-refractivity contribution in [3.05, 3.63) is 12.7 Å². The minimum atomic E-state index is -0.152. The molecule has 98 valence electrons. The molecule has 5 nitrogen and oxygen atoms in total. The van der Waals surface area contributed by atoms with Gasteiger partial charge in [0, 0.05) is 20.6 Å². The lowest BCUT2D eigenvalue weighted by Gasteiger charge is -2.33. The molecule has 0 saturated heterocycles. The molecule has 0 rings (SSSR count). The lowest BCUT2D eigenvalue weighted by Crippen LogP contribution is -2.53. The minimum absolute atomic E-state index is 0.110. The smallest absolute Gasteiger partial charge is 0.192 e. The molecule has 0 aliphatic rings. The number of hydrogen-bond donors (Lipinski definition) is 2. The van der Waals surface area contributed by atoms with Gasteiger partial charge in [0.15, 0.2) is 5.96 Å². The number of nitrogens with zero attached hydrogens (tertiary/aromatic N) is 2. The number of aliphatic imine (C=N–C) groups is 1. The number of hydrogen-bond acceptors (Lipinski definition) is 3. The zero-order valence-electron chi connectivity index (χ0n) is 11.2. The number of aldehydes is 1. The average Bonchev–Trinajstić information content (AvgIpc) is 2.37. The van der Waals surface area contributed by atoms with Gasteiger partial charge in [-0.25, -0.2) is 0 Å². The molecule has 0 heterocycles. The normalized spacial score (nSPS) is 15.2. The molecular formula is C12H24N4O. The van der Waals surface area contributed by atoms with Crippen molar-refractivity contribution in [2.75, 3.05) is 20.6 Å². The van der Waals surface area contributed by atoms with Gasteiger partial charge in [-0.05, 0) is 13.3 Å². The van der Waals surface area contributed by atoms with E-state index in [-0.39, 0.29) is 12.2 Å². The van der Waals surface area contributed by atoms with Gasteiger partial charge < -0.3 is 15.4 Å². The second kappa shape index (κ2) is 8.75. The fraction of sp³-hybridized carbons (Fsp3) is 0.667. The maximum Gasteiger partial charge on any atom is 0.192 e. The van der Waals surface area contributed by atoms with E-state index >= 15 is 0 Å². The largest absolute Gasteiger partial charge is 0.359 e. The fourth-order valence-corrected chi connectivity index (χ4v) is 1.60. The molecule has 0 aromatic carbocycles. The fourth-order valence-electron chi connectivity index (χ4n) is 1.60. The summed E-state index contributed by atoms with van der Waals surface area (Å²) >= 11 is 0. The first-order valence-corrected chi connectivity index (χ1v) is 5.89. The molecule has 0 aromatic heterocycles. The van der Waals surface area contributed by atoms with Gasteiger partial charge in [0.1, 0.15) is 12.5 Å². The van der Waals surface area contributed by atoms with Crippen LogP contribution in [0.5, 0.6) is 0 Å². The molecule has 0 spiro atoms. The molecule has 5 heteroatoms. The Morgan fingerprint density at radius 1 is 1.59 bits per heavy atom. The molecule has 2 N–H and O–H groups in total. The van der Waals surface area contributed by atoms with E-state index in [1.165, 1.54) is 0 Å². The summed E-state index contributed by atoms with van der Waals surface area (Å²) in [4.78, 5) is 17.0. The van der Waals surface area contributed by atoms with E-state index in [1.54, 1.807) is 20.2 Å². The summed E-state index contributed by atoms with van der Waals surface area (Å²) < 4.78 is 0. The predicted octanol–water partition coefficient (Wildman–Crippen LogP) is 0.593. The molecule has 0 fully saturated rings. The SMILES string of the molecule is C=CC(NC(=NC)NC)N(CCC)[C@@H](C)C=O. The summed E-state index contributed by atoms with van der Waals surface area (Å²) in [5.41, 5.74) is 0. The van der Waals surface area contributed by atoms with Crippen LogP contribution in [0.4, 0.5) is 0 Å². The summed E-state index contributed by atoms with van der Waals surface area (Å²) in [6.45, 7) is 8.58. The van der Waals surface area contributed by atoms with Crippen molar-refractivity contribution >= 4 is 12.2 Å². The summed E-state index contributed by atoms with van der Waals surface area (Å²) in [5, 5.41) is 6.14. The third-order valence-electron chi connectivity index (χ3n) is 2.53. The Morgan fingerprint density at radius 2 is 2.24 bits per heavy atom. The van der Waals surface area contributed by atoms with Crippen LogP contribution in [0.2, 0.25) is 0 Å². The zero-order valence-corrected chi connectivity index (χ0v) is 11.2. The molecule has 2 atom stereocenters. The predicted molar refractivity (Wildman–Crippen MR) is 72.1 cm³/mol. The molecule has 17 heavy (non-hydrogen) atoms. The van der Waals surface area contributed by atoms with Gasteiger partial charge in [-0.1, -0.05) is 19.6 Å². The van der Waals surface area contributed by atoms with E-state index in [1.807, 2.05) is 11.8 Å². The Bertz CT molecular complexity index is 265. The summed E-state index contributed by atoms with van der Waals surface area (Å²) in [5.74, 6) is 0.675. The van der Waals surface area contributed by atoms with Crippen molar-refractivity contribution in [2.45, 2.75) is 32.5 Å². The van der Waals surface area contributed by atoms with Crippen LogP contribution in [0, 0.1) is 0 Å². The minimum Gasteiger partial charge on any atom is -0.359 e. The second-order valence-corrected chi connectivity index (χ2v) is 3.76. The zero-order chi connectivity index (χ0) is 13.3. The van der Waals surface area contributed by atoms with Crippen molar-refractivity contribution in [3.63, 3.8) is 0 Å². The quantitative estimate of drug-likeness (QED) is 0.225. The van der Waals surface area contributed by atoms with Gasteiger partial charge in [-0.2, -0.15) is 0 Å². The van der Waals surface area contributed by atoms with E-state index in [0.717, 1.165) is 19.3 Å². The first-order valence-electron chi connectivity index (χ1n) is 5.89. The monoisotopic (exact) mass is 240 g/mol. The van der Waals surface area contributed by atoms with Gasteiger partial charge in [0.05, 0.1) is 6.04 Å². The average molecular weight is 240 g/mol.